The summed E-state index contributed by atoms with van der Waals surface area (Å²) in [6.45, 7) is 0.842. The second-order valence-electron chi connectivity index (χ2n) is 5.43. The minimum atomic E-state index is -0.748. The predicted molar refractivity (Wildman–Crippen MR) is 90.9 cm³/mol. The van der Waals surface area contributed by atoms with Crippen LogP contribution in [-0.2, 0) is 20.7 Å². The molecular formula is C15H20IN3O3. The van der Waals surface area contributed by atoms with Crippen LogP contribution in [0.5, 0.6) is 0 Å². The van der Waals surface area contributed by atoms with Gasteiger partial charge >= 0.3 is 0 Å². The van der Waals surface area contributed by atoms with Crippen molar-refractivity contribution < 1.29 is 14.3 Å². The molecular weight excluding hydrogens is 397 g/mol. The van der Waals surface area contributed by atoms with Gasteiger partial charge in [-0.1, -0.05) is 12.1 Å². The van der Waals surface area contributed by atoms with Crippen molar-refractivity contribution in [2.24, 2.45) is 17.4 Å². The summed E-state index contributed by atoms with van der Waals surface area (Å²) in [4.78, 5) is 23.9. The quantitative estimate of drug-likeness (QED) is 0.594. The molecule has 2 rings (SSSR count). The van der Waals surface area contributed by atoms with Crippen molar-refractivity contribution in [2.45, 2.75) is 24.9 Å². The van der Waals surface area contributed by atoms with E-state index in [4.69, 9.17) is 16.2 Å². The molecule has 0 unspecified atom stereocenters. The van der Waals surface area contributed by atoms with Crippen LogP contribution in [0, 0.1) is 9.49 Å². The first kappa shape index (κ1) is 17.2. The van der Waals surface area contributed by atoms with E-state index in [-0.39, 0.29) is 18.6 Å². The average molecular weight is 417 g/mol. The lowest BCUT2D eigenvalue weighted by atomic mass is 9.95. The fraction of sp³-hybridized carbons (Fsp3) is 0.467. The molecule has 0 spiro atoms. The number of rotatable bonds is 5. The highest BCUT2D eigenvalue weighted by Crippen LogP contribution is 2.14. The number of nitrogens with two attached hydrogens (primary N) is 2. The van der Waals surface area contributed by atoms with Gasteiger partial charge in [0.1, 0.15) is 6.04 Å². The van der Waals surface area contributed by atoms with Crippen LogP contribution in [-0.4, -0.2) is 37.1 Å². The van der Waals surface area contributed by atoms with Crippen molar-refractivity contribution in [3.05, 3.63) is 33.4 Å². The third kappa shape index (κ3) is 4.65. The Bertz CT molecular complexity index is 535. The molecule has 0 saturated carbocycles. The molecule has 1 heterocycles. The molecule has 0 bridgehead atoms. The lowest BCUT2D eigenvalue weighted by molar-refractivity contribution is -0.133. The molecule has 0 aromatic heterocycles. The van der Waals surface area contributed by atoms with E-state index in [1.807, 2.05) is 24.3 Å². The smallest absolute Gasteiger partial charge is 0.240 e. The summed E-state index contributed by atoms with van der Waals surface area (Å²) in [6.07, 6.45) is 0.997. The van der Waals surface area contributed by atoms with Gasteiger partial charge in [-0.25, -0.2) is 0 Å². The van der Waals surface area contributed by atoms with Gasteiger partial charge in [-0.05, 0) is 46.7 Å². The molecule has 6 nitrogen and oxygen atoms in total. The highest BCUT2D eigenvalue weighted by molar-refractivity contribution is 14.1. The number of benzene rings is 1. The minimum absolute atomic E-state index is 0.249. The van der Waals surface area contributed by atoms with Gasteiger partial charge in [0.2, 0.25) is 11.8 Å². The number of carbonyl (C=O) groups is 2. The molecule has 3 atom stereocenters. The molecule has 2 amide bonds. The van der Waals surface area contributed by atoms with E-state index in [0.29, 0.717) is 19.4 Å². The number of nitrogens with one attached hydrogen (secondary N) is 1. The molecule has 1 fully saturated rings. The zero-order chi connectivity index (χ0) is 16.1. The van der Waals surface area contributed by atoms with Gasteiger partial charge in [-0.2, -0.15) is 0 Å². The number of amides is 2. The van der Waals surface area contributed by atoms with E-state index in [1.165, 1.54) is 0 Å². The summed E-state index contributed by atoms with van der Waals surface area (Å²) in [5.41, 5.74) is 12.3. The lowest BCUT2D eigenvalue weighted by Crippen LogP contribution is -2.53. The van der Waals surface area contributed by atoms with Crippen molar-refractivity contribution in [2.75, 3.05) is 13.2 Å². The van der Waals surface area contributed by atoms with E-state index in [0.717, 1.165) is 9.13 Å². The van der Waals surface area contributed by atoms with Crippen LogP contribution in [0.2, 0.25) is 0 Å². The Morgan fingerprint density at radius 2 is 2.05 bits per heavy atom. The van der Waals surface area contributed by atoms with Crippen LogP contribution < -0.4 is 16.8 Å². The number of hydrogen-bond acceptors (Lipinski definition) is 4. The maximum absolute atomic E-state index is 12.3. The fourth-order valence-corrected chi connectivity index (χ4v) is 2.74. The monoisotopic (exact) mass is 417 g/mol. The number of halogens is 1. The Morgan fingerprint density at radius 1 is 1.36 bits per heavy atom. The molecule has 1 aliphatic rings. The van der Waals surface area contributed by atoms with Gasteiger partial charge in [0.25, 0.3) is 0 Å². The molecule has 22 heavy (non-hydrogen) atoms. The number of ether oxygens (including phenoxy) is 1. The molecule has 0 radical (unpaired) electrons. The molecule has 120 valence electrons. The van der Waals surface area contributed by atoms with E-state index in [2.05, 4.69) is 27.9 Å². The molecule has 1 aliphatic heterocycles. The summed E-state index contributed by atoms with van der Waals surface area (Å²) in [5, 5.41) is 2.70. The molecule has 1 aromatic carbocycles. The minimum Gasteiger partial charge on any atom is -0.381 e. The number of primary amides is 1. The summed E-state index contributed by atoms with van der Waals surface area (Å²) in [5.74, 6) is -1.27. The van der Waals surface area contributed by atoms with Gasteiger partial charge in [0.15, 0.2) is 0 Å². The summed E-state index contributed by atoms with van der Waals surface area (Å²) in [7, 11) is 0. The Morgan fingerprint density at radius 3 is 2.64 bits per heavy atom. The highest BCUT2D eigenvalue weighted by atomic mass is 127. The maximum atomic E-state index is 12.3. The average Bonchev–Trinajstić information content (AvgIpc) is 2.49. The molecule has 1 aromatic rings. The second kappa shape index (κ2) is 7.89. The first-order chi connectivity index (χ1) is 10.5. The Hall–Kier alpha value is -1.19. The van der Waals surface area contributed by atoms with Gasteiger partial charge < -0.3 is 21.5 Å². The van der Waals surface area contributed by atoms with Gasteiger partial charge in [-0.3, -0.25) is 9.59 Å². The van der Waals surface area contributed by atoms with Crippen molar-refractivity contribution in [1.29, 1.82) is 0 Å². The van der Waals surface area contributed by atoms with Gasteiger partial charge in [-0.15, -0.1) is 0 Å². The van der Waals surface area contributed by atoms with Crippen LogP contribution in [0.3, 0.4) is 0 Å². The van der Waals surface area contributed by atoms with E-state index < -0.39 is 17.9 Å². The third-order valence-corrected chi connectivity index (χ3v) is 4.48. The zero-order valence-corrected chi connectivity index (χ0v) is 14.3. The highest BCUT2D eigenvalue weighted by Gasteiger charge is 2.31. The summed E-state index contributed by atoms with van der Waals surface area (Å²) >= 11 is 2.21. The predicted octanol–water partition coefficient (Wildman–Crippen LogP) is 0.168. The first-order valence-corrected chi connectivity index (χ1v) is 8.22. The van der Waals surface area contributed by atoms with Crippen LogP contribution in [0.1, 0.15) is 12.0 Å². The fourth-order valence-electron chi connectivity index (χ4n) is 2.38. The molecule has 5 N–H and O–H groups in total. The first-order valence-electron chi connectivity index (χ1n) is 7.15. The Labute approximate surface area is 143 Å². The largest absolute Gasteiger partial charge is 0.381 e. The van der Waals surface area contributed by atoms with E-state index in [1.54, 1.807) is 0 Å². The normalized spacial score (nSPS) is 22.8. The Balaban J connectivity index is 2.00. The lowest BCUT2D eigenvalue weighted by Gasteiger charge is -2.29. The van der Waals surface area contributed by atoms with Crippen LogP contribution in [0.25, 0.3) is 0 Å². The maximum Gasteiger partial charge on any atom is 0.240 e. The topological polar surface area (TPSA) is 107 Å². The van der Waals surface area contributed by atoms with Crippen LogP contribution >= 0.6 is 22.6 Å². The summed E-state index contributed by atoms with van der Waals surface area (Å²) in [6, 6.07) is 6.72. The van der Waals surface area contributed by atoms with Crippen LogP contribution in [0.15, 0.2) is 24.3 Å². The number of carbonyl (C=O) groups excluding carboxylic acids is 2. The van der Waals surface area contributed by atoms with Crippen molar-refractivity contribution in [3.63, 3.8) is 0 Å². The number of hydrogen-bond donors (Lipinski definition) is 3. The van der Waals surface area contributed by atoms with Crippen LogP contribution in [0.4, 0.5) is 0 Å². The summed E-state index contributed by atoms with van der Waals surface area (Å²) < 4.78 is 6.39. The second-order valence-corrected chi connectivity index (χ2v) is 6.67. The van der Waals surface area contributed by atoms with E-state index >= 15 is 0 Å². The van der Waals surface area contributed by atoms with Crippen molar-refractivity contribution in [3.8, 4) is 0 Å². The third-order valence-electron chi connectivity index (χ3n) is 3.76. The Kier molecular flexibility index (Phi) is 6.16. The SMILES string of the molecule is NC(=O)[C@H](Cc1ccc(I)cc1)NC(=O)[C@@H]1COCC[C@@H]1N. The van der Waals surface area contributed by atoms with Gasteiger partial charge in [0.05, 0.1) is 12.5 Å². The van der Waals surface area contributed by atoms with E-state index in [9.17, 15) is 9.59 Å². The van der Waals surface area contributed by atoms with Gasteiger partial charge in [0, 0.05) is 22.6 Å². The standard InChI is InChI=1S/C15H20IN3O3/c16-10-3-1-9(2-4-10)7-13(14(18)20)19-15(21)11-8-22-6-5-12(11)17/h1-4,11-13H,5-8,17H2,(H2,18,20)(H,19,21)/t11-,12+,13+/m1/s1. The van der Waals surface area contributed by atoms with Crippen molar-refractivity contribution >= 4 is 34.4 Å². The molecule has 1 saturated heterocycles. The molecule has 7 heteroatoms. The van der Waals surface area contributed by atoms with Crippen molar-refractivity contribution in [1.82, 2.24) is 5.32 Å². The molecule has 0 aliphatic carbocycles. The zero-order valence-electron chi connectivity index (χ0n) is 12.1.